The Labute approximate surface area is 130 Å². The van der Waals surface area contributed by atoms with Crippen LogP contribution in [-0.2, 0) is 7.05 Å². The molecule has 0 atom stereocenters. The largest absolute Gasteiger partial charge is 0.353 e. The Morgan fingerprint density at radius 1 is 1.00 bits per heavy atom. The molecule has 104 valence electrons. The number of halogens is 1. The molecule has 0 unspecified atom stereocenters. The summed E-state index contributed by atoms with van der Waals surface area (Å²) >= 11 is 5.05. The molecule has 0 spiro atoms. The molecule has 0 aliphatic carbocycles. The first-order valence-corrected chi connectivity index (χ1v) is 7.90. The molecule has 0 amide bonds. The lowest BCUT2D eigenvalue weighted by Crippen LogP contribution is -2.20. The van der Waals surface area contributed by atoms with E-state index in [-0.39, 0.29) is 11.1 Å². The molecule has 2 aromatic carbocycles. The Morgan fingerprint density at radius 3 is 2.43 bits per heavy atom. The van der Waals surface area contributed by atoms with E-state index in [0.717, 1.165) is 29.5 Å². The number of hydrogen-bond donors (Lipinski definition) is 1. The molecule has 4 rings (SSSR count). The molecule has 2 aromatic heterocycles. The fourth-order valence-electron chi connectivity index (χ4n) is 2.52. The smallest absolute Gasteiger partial charge is 0.261 e. The zero-order valence-corrected chi connectivity index (χ0v) is 13.3. The number of aromatic nitrogens is 2. The van der Waals surface area contributed by atoms with E-state index >= 15 is 0 Å². The maximum absolute atomic E-state index is 12.1. The highest BCUT2D eigenvalue weighted by molar-refractivity contribution is 9.10. The normalized spacial score (nSPS) is 11.7. The Morgan fingerprint density at radius 2 is 1.67 bits per heavy atom. The molecular formula is C15H9BrN2O2S. The van der Waals surface area contributed by atoms with Gasteiger partial charge in [-0.1, -0.05) is 15.9 Å². The van der Waals surface area contributed by atoms with Crippen LogP contribution < -0.4 is 11.1 Å². The first-order chi connectivity index (χ1) is 10.0. The van der Waals surface area contributed by atoms with E-state index in [9.17, 15) is 9.59 Å². The monoisotopic (exact) mass is 360 g/mol. The van der Waals surface area contributed by atoms with Gasteiger partial charge in [0.15, 0.2) is 0 Å². The van der Waals surface area contributed by atoms with Crippen LogP contribution in [0.15, 0.2) is 44.4 Å². The summed E-state index contributed by atoms with van der Waals surface area (Å²) in [6.07, 6.45) is 0. The number of hydrogen-bond acceptors (Lipinski definition) is 3. The maximum Gasteiger partial charge on any atom is 0.261 e. The van der Waals surface area contributed by atoms with Crippen molar-refractivity contribution in [2.75, 3.05) is 0 Å². The van der Waals surface area contributed by atoms with Crippen molar-refractivity contribution >= 4 is 58.5 Å². The van der Waals surface area contributed by atoms with E-state index < -0.39 is 0 Å². The lowest BCUT2D eigenvalue weighted by molar-refractivity contribution is 0.856. The summed E-state index contributed by atoms with van der Waals surface area (Å²) in [7, 11) is 1.51. The van der Waals surface area contributed by atoms with E-state index in [2.05, 4.69) is 20.9 Å². The number of nitrogens with zero attached hydrogens (tertiary/aromatic N) is 1. The molecule has 2 heterocycles. The van der Waals surface area contributed by atoms with Gasteiger partial charge in [0, 0.05) is 11.5 Å². The number of fused-ring (bicyclic) bond motifs is 3. The van der Waals surface area contributed by atoms with Crippen molar-refractivity contribution in [2.24, 2.45) is 7.05 Å². The Bertz CT molecular complexity index is 1150. The van der Waals surface area contributed by atoms with Crippen LogP contribution in [0.1, 0.15) is 0 Å². The van der Waals surface area contributed by atoms with Crippen LogP contribution in [0.4, 0.5) is 0 Å². The summed E-state index contributed by atoms with van der Waals surface area (Å²) in [5.74, 6) is 0. The average Bonchev–Trinajstić information content (AvgIpc) is 2.68. The Balaban J connectivity index is 2.23. The number of rotatable bonds is 0. The lowest BCUT2D eigenvalue weighted by Gasteiger charge is -2.03. The van der Waals surface area contributed by atoms with Crippen LogP contribution in [0.3, 0.4) is 0 Å². The van der Waals surface area contributed by atoms with E-state index in [1.54, 1.807) is 23.5 Å². The molecular weight excluding hydrogens is 352 g/mol. The van der Waals surface area contributed by atoms with Crippen molar-refractivity contribution in [3.05, 3.63) is 55.5 Å². The molecule has 6 heteroatoms. The van der Waals surface area contributed by atoms with E-state index in [1.807, 2.05) is 18.2 Å². The summed E-state index contributed by atoms with van der Waals surface area (Å²) in [6.45, 7) is 0. The minimum absolute atomic E-state index is 0.238. The second-order valence-electron chi connectivity index (χ2n) is 4.93. The third-order valence-electron chi connectivity index (χ3n) is 3.62. The van der Waals surface area contributed by atoms with Gasteiger partial charge in [0.25, 0.3) is 11.1 Å². The van der Waals surface area contributed by atoms with E-state index in [1.165, 1.54) is 7.05 Å². The van der Waals surface area contributed by atoms with Gasteiger partial charge in [-0.15, -0.1) is 11.3 Å². The summed E-state index contributed by atoms with van der Waals surface area (Å²) in [6, 6.07) is 9.56. The van der Waals surface area contributed by atoms with Gasteiger partial charge in [-0.3, -0.25) is 14.2 Å². The molecule has 0 fully saturated rings. The Hall–Kier alpha value is -1.92. The highest BCUT2D eigenvalue weighted by Gasteiger charge is 2.12. The number of aromatic amines is 1. The van der Waals surface area contributed by atoms with Crippen LogP contribution in [0.2, 0.25) is 0 Å². The molecule has 0 aliphatic heterocycles. The third-order valence-corrected chi connectivity index (χ3v) is 5.23. The molecule has 0 saturated heterocycles. The lowest BCUT2D eigenvalue weighted by atomic mass is 10.2. The molecule has 0 bridgehead atoms. The minimum Gasteiger partial charge on any atom is -0.353 e. The van der Waals surface area contributed by atoms with E-state index in [4.69, 9.17) is 0 Å². The van der Waals surface area contributed by atoms with Crippen LogP contribution in [0, 0.1) is 0 Å². The van der Waals surface area contributed by atoms with Gasteiger partial charge in [0.05, 0.1) is 31.2 Å². The fraction of sp³-hybridized carbons (Fsp3) is 0.0667. The quantitative estimate of drug-likeness (QED) is 0.489. The predicted molar refractivity (Wildman–Crippen MR) is 90.4 cm³/mol. The second kappa shape index (κ2) is 4.29. The minimum atomic E-state index is -0.244. The molecule has 0 saturated carbocycles. The molecule has 4 nitrogen and oxygen atoms in total. The fourth-order valence-corrected chi connectivity index (χ4v) is 4.08. The van der Waals surface area contributed by atoms with Crippen molar-refractivity contribution in [3.8, 4) is 0 Å². The van der Waals surface area contributed by atoms with Crippen LogP contribution in [0.5, 0.6) is 0 Å². The Kier molecular flexibility index (Phi) is 2.61. The zero-order chi connectivity index (χ0) is 14.7. The van der Waals surface area contributed by atoms with Crippen molar-refractivity contribution < 1.29 is 0 Å². The second-order valence-corrected chi connectivity index (χ2v) is 6.93. The molecule has 0 aliphatic rings. The standard InChI is InChI=1S/C15H9BrN2O2S/c1-18-14(19)8-5-11-13(6-9(8)15(18)20)21-12-4-7(16)2-3-10(12)17-11/h2-6,17H,1H3. The summed E-state index contributed by atoms with van der Waals surface area (Å²) in [4.78, 5) is 27.4. The van der Waals surface area contributed by atoms with Gasteiger partial charge in [0.1, 0.15) is 0 Å². The van der Waals surface area contributed by atoms with Gasteiger partial charge in [-0.2, -0.15) is 0 Å². The van der Waals surface area contributed by atoms with Crippen molar-refractivity contribution in [3.63, 3.8) is 0 Å². The predicted octanol–water partition coefficient (Wildman–Crippen LogP) is 3.36. The van der Waals surface area contributed by atoms with Gasteiger partial charge in [-0.25, -0.2) is 0 Å². The van der Waals surface area contributed by atoms with Crippen molar-refractivity contribution in [1.82, 2.24) is 9.55 Å². The van der Waals surface area contributed by atoms with Gasteiger partial charge < -0.3 is 4.98 Å². The zero-order valence-electron chi connectivity index (χ0n) is 10.9. The van der Waals surface area contributed by atoms with Crippen molar-refractivity contribution in [2.45, 2.75) is 0 Å². The average molecular weight is 361 g/mol. The number of nitrogens with one attached hydrogen (secondary N) is 1. The summed E-state index contributed by atoms with van der Waals surface area (Å²) in [5.41, 5.74) is 1.38. The molecule has 1 N–H and O–H groups in total. The van der Waals surface area contributed by atoms with Crippen LogP contribution in [0.25, 0.3) is 31.2 Å². The maximum atomic E-state index is 12.1. The number of benzene rings is 2. The van der Waals surface area contributed by atoms with Crippen molar-refractivity contribution in [1.29, 1.82) is 0 Å². The van der Waals surface area contributed by atoms with Crippen LogP contribution in [-0.4, -0.2) is 9.55 Å². The number of H-pyrrole nitrogens is 1. The van der Waals surface area contributed by atoms with Crippen LogP contribution >= 0.6 is 27.3 Å². The topological polar surface area (TPSA) is 54.9 Å². The molecule has 0 radical (unpaired) electrons. The SMILES string of the molecule is Cn1c(=O)c2cc3[nH]c4ccc(Br)cc4sc3cc2c1=O. The first kappa shape index (κ1) is 12.8. The molecule has 21 heavy (non-hydrogen) atoms. The highest BCUT2D eigenvalue weighted by atomic mass is 79.9. The summed E-state index contributed by atoms with van der Waals surface area (Å²) in [5, 5.41) is 0.948. The highest BCUT2D eigenvalue weighted by Crippen LogP contribution is 2.29. The van der Waals surface area contributed by atoms with Gasteiger partial charge in [-0.05, 0) is 30.3 Å². The van der Waals surface area contributed by atoms with Gasteiger partial charge in [0.2, 0.25) is 0 Å². The third kappa shape index (κ3) is 1.79. The summed E-state index contributed by atoms with van der Waals surface area (Å²) < 4.78 is 4.20. The molecule has 4 aromatic rings. The van der Waals surface area contributed by atoms with E-state index in [0.29, 0.717) is 10.8 Å². The van der Waals surface area contributed by atoms with Gasteiger partial charge >= 0.3 is 0 Å². The first-order valence-electron chi connectivity index (χ1n) is 6.29.